The highest BCUT2D eigenvalue weighted by atomic mass is 16.6. The van der Waals surface area contributed by atoms with E-state index in [1.54, 1.807) is 12.1 Å². The maximum absolute atomic E-state index is 13.5. The molecule has 4 rings (SSSR count). The topological polar surface area (TPSA) is 110 Å². The van der Waals surface area contributed by atoms with Gasteiger partial charge < -0.3 is 9.80 Å². The molecule has 2 aliphatic rings. The van der Waals surface area contributed by atoms with Crippen LogP contribution < -0.4 is 9.80 Å². The Balaban J connectivity index is 1.74. The van der Waals surface area contributed by atoms with E-state index in [4.69, 9.17) is 0 Å². The SMILES string of the molecule is CC1CCN(c2ccc([N+](=O)[O-])cc2C(=O)N2CCc3ccc([N+](=O)[O-])cc32)CC1. The maximum Gasteiger partial charge on any atom is 0.271 e. The van der Waals surface area contributed by atoms with Crippen LogP contribution in [0.2, 0.25) is 0 Å². The number of piperidine rings is 1. The Labute approximate surface area is 173 Å². The van der Waals surface area contributed by atoms with Gasteiger partial charge in [0.05, 0.1) is 26.8 Å². The van der Waals surface area contributed by atoms with E-state index in [2.05, 4.69) is 11.8 Å². The van der Waals surface area contributed by atoms with Crippen LogP contribution in [0.25, 0.3) is 0 Å². The molecule has 2 aliphatic heterocycles. The number of benzene rings is 2. The molecule has 1 fully saturated rings. The number of hydrogen-bond acceptors (Lipinski definition) is 6. The average molecular weight is 410 g/mol. The van der Waals surface area contributed by atoms with Crippen LogP contribution in [0.3, 0.4) is 0 Å². The molecule has 9 nitrogen and oxygen atoms in total. The third-order valence-electron chi connectivity index (χ3n) is 5.97. The third kappa shape index (κ3) is 3.58. The average Bonchev–Trinajstić information content (AvgIpc) is 3.16. The summed E-state index contributed by atoms with van der Waals surface area (Å²) in [5.41, 5.74) is 2.06. The normalized spacial score (nSPS) is 16.4. The van der Waals surface area contributed by atoms with Crippen LogP contribution in [-0.2, 0) is 6.42 Å². The molecule has 0 radical (unpaired) electrons. The van der Waals surface area contributed by atoms with Crippen molar-refractivity contribution in [2.75, 3.05) is 29.4 Å². The van der Waals surface area contributed by atoms with Gasteiger partial charge in [-0.15, -0.1) is 0 Å². The highest BCUT2D eigenvalue weighted by Gasteiger charge is 2.31. The molecule has 2 aromatic rings. The largest absolute Gasteiger partial charge is 0.371 e. The zero-order chi connectivity index (χ0) is 21.4. The predicted molar refractivity (Wildman–Crippen MR) is 112 cm³/mol. The lowest BCUT2D eigenvalue weighted by atomic mass is 9.97. The highest BCUT2D eigenvalue weighted by Crippen LogP contribution is 2.36. The van der Waals surface area contributed by atoms with Gasteiger partial charge in [0.2, 0.25) is 0 Å². The number of non-ortho nitro benzene ring substituents is 2. The Morgan fingerprint density at radius 1 is 0.933 bits per heavy atom. The van der Waals surface area contributed by atoms with E-state index >= 15 is 0 Å². The van der Waals surface area contributed by atoms with Crippen molar-refractivity contribution in [3.63, 3.8) is 0 Å². The zero-order valence-electron chi connectivity index (χ0n) is 16.6. The Hall–Kier alpha value is -3.49. The van der Waals surface area contributed by atoms with E-state index in [-0.39, 0.29) is 22.8 Å². The van der Waals surface area contributed by atoms with E-state index in [1.165, 1.54) is 29.2 Å². The van der Waals surface area contributed by atoms with Crippen molar-refractivity contribution in [3.8, 4) is 0 Å². The summed E-state index contributed by atoms with van der Waals surface area (Å²) in [6.07, 6.45) is 2.57. The van der Waals surface area contributed by atoms with Gasteiger partial charge in [-0.2, -0.15) is 0 Å². The zero-order valence-corrected chi connectivity index (χ0v) is 16.6. The first-order valence-electron chi connectivity index (χ1n) is 9.97. The third-order valence-corrected chi connectivity index (χ3v) is 5.97. The molecule has 2 heterocycles. The van der Waals surface area contributed by atoms with Crippen LogP contribution in [0, 0.1) is 26.1 Å². The summed E-state index contributed by atoms with van der Waals surface area (Å²) in [6, 6.07) is 8.89. The maximum atomic E-state index is 13.5. The van der Waals surface area contributed by atoms with Gasteiger partial charge in [-0.3, -0.25) is 25.0 Å². The number of carbonyl (C=O) groups is 1. The number of anilines is 2. The van der Waals surface area contributed by atoms with Gasteiger partial charge in [0, 0.05) is 43.9 Å². The van der Waals surface area contributed by atoms with Gasteiger partial charge in [-0.1, -0.05) is 13.0 Å². The number of nitro benzene ring substituents is 2. The van der Waals surface area contributed by atoms with Crippen LogP contribution in [0.5, 0.6) is 0 Å². The molecule has 0 unspecified atom stereocenters. The van der Waals surface area contributed by atoms with E-state index in [0.717, 1.165) is 31.5 Å². The molecule has 0 N–H and O–H groups in total. The first kappa shape index (κ1) is 19.8. The minimum absolute atomic E-state index is 0.0854. The highest BCUT2D eigenvalue weighted by molar-refractivity contribution is 6.11. The molecular weight excluding hydrogens is 388 g/mol. The van der Waals surface area contributed by atoms with Crippen molar-refractivity contribution < 1.29 is 14.6 Å². The van der Waals surface area contributed by atoms with Crippen molar-refractivity contribution in [1.29, 1.82) is 0 Å². The number of carbonyl (C=O) groups excluding carboxylic acids is 1. The lowest BCUT2D eigenvalue weighted by Gasteiger charge is -2.33. The van der Waals surface area contributed by atoms with Crippen molar-refractivity contribution in [1.82, 2.24) is 0 Å². The van der Waals surface area contributed by atoms with Gasteiger partial charge in [-0.25, -0.2) is 0 Å². The van der Waals surface area contributed by atoms with Gasteiger partial charge in [-0.05, 0) is 36.8 Å². The second-order valence-electron chi connectivity index (χ2n) is 7.91. The fourth-order valence-corrected chi connectivity index (χ4v) is 4.17. The number of hydrogen-bond donors (Lipinski definition) is 0. The molecule has 1 amide bonds. The number of nitrogens with zero attached hydrogens (tertiary/aromatic N) is 4. The second-order valence-corrected chi connectivity index (χ2v) is 7.91. The van der Waals surface area contributed by atoms with Crippen molar-refractivity contribution in [2.45, 2.75) is 26.2 Å². The molecule has 9 heteroatoms. The molecule has 0 aliphatic carbocycles. The first-order chi connectivity index (χ1) is 14.3. The number of fused-ring (bicyclic) bond motifs is 1. The standard InChI is InChI=1S/C21H22N4O5/c1-14-6-9-22(10-7-14)19-5-4-16(24(27)28)12-18(19)21(26)23-11-8-15-2-3-17(25(29)30)13-20(15)23/h2-5,12-14H,6-11H2,1H3. The number of nitro groups is 2. The molecule has 2 aromatic carbocycles. The van der Waals surface area contributed by atoms with Gasteiger partial charge in [0.15, 0.2) is 0 Å². The fourth-order valence-electron chi connectivity index (χ4n) is 4.17. The summed E-state index contributed by atoms with van der Waals surface area (Å²) in [6.45, 7) is 4.13. The molecule has 0 spiro atoms. The van der Waals surface area contributed by atoms with Gasteiger partial charge in [0.25, 0.3) is 17.3 Å². The van der Waals surface area contributed by atoms with Gasteiger partial charge in [0.1, 0.15) is 0 Å². The summed E-state index contributed by atoms with van der Waals surface area (Å²) in [7, 11) is 0. The summed E-state index contributed by atoms with van der Waals surface area (Å²) < 4.78 is 0. The number of rotatable bonds is 4. The smallest absolute Gasteiger partial charge is 0.271 e. The first-order valence-corrected chi connectivity index (χ1v) is 9.97. The molecule has 0 atom stereocenters. The van der Waals surface area contributed by atoms with E-state index in [1.807, 2.05) is 0 Å². The Kier molecular flexibility index (Phi) is 5.11. The summed E-state index contributed by atoms with van der Waals surface area (Å²) >= 11 is 0. The van der Waals surface area contributed by atoms with Crippen LogP contribution >= 0.6 is 0 Å². The van der Waals surface area contributed by atoms with Crippen molar-refractivity contribution >= 4 is 28.7 Å². The van der Waals surface area contributed by atoms with Crippen LogP contribution in [0.1, 0.15) is 35.7 Å². The molecule has 0 aromatic heterocycles. The minimum atomic E-state index is -0.512. The molecule has 0 saturated carbocycles. The fraction of sp³-hybridized carbons (Fsp3) is 0.381. The molecule has 156 valence electrons. The van der Waals surface area contributed by atoms with Gasteiger partial charge >= 0.3 is 0 Å². The van der Waals surface area contributed by atoms with Crippen LogP contribution in [0.15, 0.2) is 36.4 Å². The minimum Gasteiger partial charge on any atom is -0.371 e. The van der Waals surface area contributed by atoms with Crippen LogP contribution in [-0.4, -0.2) is 35.4 Å². The molecule has 0 bridgehead atoms. The van der Waals surface area contributed by atoms with E-state index < -0.39 is 9.85 Å². The Morgan fingerprint density at radius 2 is 1.57 bits per heavy atom. The predicted octanol–water partition coefficient (Wildman–Crippen LogP) is 3.94. The Bertz CT molecular complexity index is 1030. The molecular formula is C21H22N4O5. The molecule has 1 saturated heterocycles. The quantitative estimate of drug-likeness (QED) is 0.558. The lowest BCUT2D eigenvalue weighted by Crippen LogP contribution is -2.36. The number of amides is 1. The Morgan fingerprint density at radius 3 is 2.23 bits per heavy atom. The summed E-state index contributed by atoms with van der Waals surface area (Å²) in [4.78, 5) is 38.6. The van der Waals surface area contributed by atoms with E-state index in [9.17, 15) is 25.0 Å². The summed E-state index contributed by atoms with van der Waals surface area (Å²) in [5, 5.41) is 22.5. The second kappa shape index (κ2) is 7.74. The van der Waals surface area contributed by atoms with E-state index in [0.29, 0.717) is 30.3 Å². The van der Waals surface area contributed by atoms with Crippen molar-refractivity contribution in [2.24, 2.45) is 5.92 Å². The van der Waals surface area contributed by atoms with Crippen molar-refractivity contribution in [3.05, 3.63) is 67.8 Å². The molecule has 30 heavy (non-hydrogen) atoms. The lowest BCUT2D eigenvalue weighted by molar-refractivity contribution is -0.385. The van der Waals surface area contributed by atoms with Crippen LogP contribution in [0.4, 0.5) is 22.7 Å². The summed E-state index contributed by atoms with van der Waals surface area (Å²) in [5.74, 6) is 0.232. The monoisotopic (exact) mass is 410 g/mol.